The van der Waals surface area contributed by atoms with Crippen LogP contribution in [0.2, 0.25) is 0 Å². The number of pyridine rings is 1. The van der Waals surface area contributed by atoms with Crippen LogP contribution in [0.1, 0.15) is 45.6 Å². The smallest absolute Gasteiger partial charge is 0.408 e. The Hall–Kier alpha value is -4.04. The molecule has 5 rings (SSSR count). The predicted molar refractivity (Wildman–Crippen MR) is 141 cm³/mol. The topological polar surface area (TPSA) is 117 Å². The first-order valence-corrected chi connectivity index (χ1v) is 12.1. The average Bonchev–Trinajstić information content (AvgIpc) is 2.84. The molecule has 0 atom stereocenters. The van der Waals surface area contributed by atoms with Crippen molar-refractivity contribution in [3.8, 4) is 22.5 Å². The molecular weight excluding hydrogens is 452 g/mol. The second-order valence-electron chi connectivity index (χ2n) is 10.2. The highest BCUT2D eigenvalue weighted by Crippen LogP contribution is 2.49. The van der Waals surface area contributed by atoms with Crippen LogP contribution in [0, 0.1) is 0 Å². The van der Waals surface area contributed by atoms with Gasteiger partial charge in [-0.3, -0.25) is 4.90 Å². The SMILES string of the molecule is CC(C)(C)N(C(=O)O)C1(c2ccc(-c3nc4nc(NN)ccc4nc3-c3ccccc3)cc2)CCC1. The molecule has 0 radical (unpaired) electrons. The number of hydrogen-bond acceptors (Lipinski definition) is 6. The van der Waals surface area contributed by atoms with Gasteiger partial charge in [-0.05, 0) is 57.7 Å². The number of nitrogens with one attached hydrogen (secondary N) is 1. The molecule has 0 saturated heterocycles. The maximum Gasteiger partial charge on any atom is 0.408 e. The Labute approximate surface area is 210 Å². The normalized spacial score (nSPS) is 14.8. The lowest BCUT2D eigenvalue weighted by molar-refractivity contribution is -0.0328. The molecule has 1 aliphatic carbocycles. The largest absolute Gasteiger partial charge is 0.465 e. The first-order chi connectivity index (χ1) is 17.2. The number of nitrogen functional groups attached to an aromatic ring is 1. The zero-order valence-electron chi connectivity index (χ0n) is 20.7. The number of nitrogens with zero attached hydrogens (tertiary/aromatic N) is 4. The van der Waals surface area contributed by atoms with Crippen LogP contribution in [0.25, 0.3) is 33.7 Å². The lowest BCUT2D eigenvalue weighted by Gasteiger charge is -2.54. The van der Waals surface area contributed by atoms with E-state index < -0.39 is 17.2 Å². The van der Waals surface area contributed by atoms with Crippen molar-refractivity contribution in [3.05, 3.63) is 72.3 Å². The molecular formula is C28H30N6O2. The van der Waals surface area contributed by atoms with E-state index in [1.165, 1.54) is 0 Å². The van der Waals surface area contributed by atoms with Gasteiger partial charge in [0.15, 0.2) is 5.65 Å². The fourth-order valence-electron chi connectivity index (χ4n) is 5.23. The van der Waals surface area contributed by atoms with Crippen molar-refractivity contribution in [2.45, 2.75) is 51.1 Å². The summed E-state index contributed by atoms with van der Waals surface area (Å²) in [6.07, 6.45) is 1.71. The van der Waals surface area contributed by atoms with Crippen LogP contribution >= 0.6 is 0 Å². The molecule has 8 nitrogen and oxygen atoms in total. The summed E-state index contributed by atoms with van der Waals surface area (Å²) >= 11 is 0. The summed E-state index contributed by atoms with van der Waals surface area (Å²) in [5, 5.41) is 10.1. The molecule has 1 amide bonds. The van der Waals surface area contributed by atoms with Crippen LogP contribution in [0.5, 0.6) is 0 Å². The molecule has 0 aliphatic heterocycles. The van der Waals surface area contributed by atoms with Crippen molar-refractivity contribution < 1.29 is 9.90 Å². The highest BCUT2D eigenvalue weighted by molar-refractivity contribution is 5.85. The molecule has 1 aliphatic rings. The van der Waals surface area contributed by atoms with Gasteiger partial charge in [0, 0.05) is 16.7 Å². The summed E-state index contributed by atoms with van der Waals surface area (Å²) in [4.78, 5) is 28.2. The van der Waals surface area contributed by atoms with Gasteiger partial charge in [0.1, 0.15) is 11.3 Å². The summed E-state index contributed by atoms with van der Waals surface area (Å²) in [7, 11) is 0. The number of carboxylic acid groups (broad SMARTS) is 1. The Morgan fingerprint density at radius 1 is 0.917 bits per heavy atom. The molecule has 1 saturated carbocycles. The molecule has 1 fully saturated rings. The van der Waals surface area contributed by atoms with Crippen molar-refractivity contribution >= 4 is 23.1 Å². The molecule has 0 unspecified atom stereocenters. The van der Waals surface area contributed by atoms with E-state index in [1.54, 1.807) is 11.0 Å². The molecule has 36 heavy (non-hydrogen) atoms. The zero-order chi connectivity index (χ0) is 25.5. The molecule has 4 N–H and O–H groups in total. The molecule has 8 heteroatoms. The van der Waals surface area contributed by atoms with Crippen molar-refractivity contribution in [1.82, 2.24) is 19.9 Å². The number of amides is 1. The van der Waals surface area contributed by atoms with Crippen molar-refractivity contribution in [3.63, 3.8) is 0 Å². The van der Waals surface area contributed by atoms with Gasteiger partial charge >= 0.3 is 6.09 Å². The maximum absolute atomic E-state index is 12.3. The van der Waals surface area contributed by atoms with Crippen LogP contribution in [-0.4, -0.2) is 36.6 Å². The van der Waals surface area contributed by atoms with E-state index in [1.807, 2.05) is 81.4 Å². The first kappa shape index (κ1) is 23.7. The number of rotatable bonds is 5. The first-order valence-electron chi connectivity index (χ1n) is 12.1. The number of anilines is 1. The van der Waals surface area contributed by atoms with E-state index >= 15 is 0 Å². The number of carbonyl (C=O) groups is 1. The minimum Gasteiger partial charge on any atom is -0.465 e. The average molecular weight is 483 g/mol. The summed E-state index contributed by atoms with van der Waals surface area (Å²) in [5.41, 5.74) is 6.97. The van der Waals surface area contributed by atoms with E-state index in [9.17, 15) is 9.90 Å². The number of aromatic nitrogens is 3. The van der Waals surface area contributed by atoms with Crippen LogP contribution in [0.3, 0.4) is 0 Å². The second-order valence-corrected chi connectivity index (χ2v) is 10.2. The number of hydrogen-bond donors (Lipinski definition) is 3. The molecule has 2 aromatic carbocycles. The Morgan fingerprint density at radius 2 is 1.56 bits per heavy atom. The van der Waals surface area contributed by atoms with Gasteiger partial charge in [-0.2, -0.15) is 0 Å². The summed E-state index contributed by atoms with van der Waals surface area (Å²) in [6, 6.07) is 21.6. The molecule has 2 aromatic heterocycles. The van der Waals surface area contributed by atoms with E-state index in [0.29, 0.717) is 22.7 Å². The van der Waals surface area contributed by atoms with Crippen LogP contribution in [0.15, 0.2) is 66.7 Å². The number of fused-ring (bicyclic) bond motifs is 1. The standard InChI is InChI=1S/C28H30N6O2/c1-27(2,3)34(26(35)36)28(16-7-17-28)20-12-10-19(11-13-20)24-23(18-8-5-4-6-9-18)30-21-14-15-22(33-29)31-25(21)32-24/h4-6,8-15H,7,16-17,29H2,1-3H3,(H,35,36)(H,31,32,33). The summed E-state index contributed by atoms with van der Waals surface area (Å²) < 4.78 is 0. The molecule has 4 aromatic rings. The molecule has 0 spiro atoms. The van der Waals surface area contributed by atoms with Gasteiger partial charge in [0.25, 0.3) is 0 Å². The van der Waals surface area contributed by atoms with Crippen molar-refractivity contribution in [2.75, 3.05) is 5.43 Å². The molecule has 2 heterocycles. The van der Waals surface area contributed by atoms with Crippen LogP contribution in [0.4, 0.5) is 10.6 Å². The summed E-state index contributed by atoms with van der Waals surface area (Å²) in [6.45, 7) is 5.84. The van der Waals surface area contributed by atoms with Crippen LogP contribution < -0.4 is 11.3 Å². The second kappa shape index (κ2) is 8.87. The third-order valence-corrected chi connectivity index (χ3v) is 6.89. The van der Waals surface area contributed by atoms with E-state index in [2.05, 4.69) is 10.4 Å². The number of nitrogens with two attached hydrogens (primary N) is 1. The predicted octanol–water partition coefficient (Wildman–Crippen LogP) is 5.80. The van der Waals surface area contributed by atoms with Crippen LogP contribution in [-0.2, 0) is 5.54 Å². The monoisotopic (exact) mass is 482 g/mol. The third kappa shape index (κ3) is 4.03. The lowest BCUT2D eigenvalue weighted by atomic mass is 9.69. The Bertz CT molecular complexity index is 1410. The number of hydrazine groups is 1. The zero-order valence-corrected chi connectivity index (χ0v) is 20.7. The van der Waals surface area contributed by atoms with E-state index in [0.717, 1.165) is 41.6 Å². The van der Waals surface area contributed by atoms with Gasteiger partial charge in [-0.15, -0.1) is 0 Å². The quantitative estimate of drug-likeness (QED) is 0.243. The minimum absolute atomic E-state index is 0.490. The maximum atomic E-state index is 12.3. The van der Waals surface area contributed by atoms with Gasteiger partial charge in [-0.1, -0.05) is 54.6 Å². The van der Waals surface area contributed by atoms with E-state index in [-0.39, 0.29) is 0 Å². The fraction of sp³-hybridized carbons (Fsp3) is 0.286. The minimum atomic E-state index is -0.895. The highest BCUT2D eigenvalue weighted by atomic mass is 16.4. The Balaban J connectivity index is 1.63. The van der Waals surface area contributed by atoms with E-state index in [4.69, 9.17) is 15.8 Å². The third-order valence-electron chi connectivity index (χ3n) is 6.89. The Kier molecular flexibility index (Phi) is 5.84. The van der Waals surface area contributed by atoms with Gasteiger partial charge in [-0.25, -0.2) is 25.6 Å². The summed E-state index contributed by atoms with van der Waals surface area (Å²) in [5.74, 6) is 6.06. The van der Waals surface area contributed by atoms with Gasteiger partial charge < -0.3 is 10.5 Å². The molecule has 0 bridgehead atoms. The lowest BCUT2D eigenvalue weighted by Crippen LogP contribution is -2.60. The Morgan fingerprint density at radius 3 is 2.11 bits per heavy atom. The number of benzene rings is 2. The van der Waals surface area contributed by atoms with Gasteiger partial charge in [0.05, 0.1) is 16.9 Å². The molecule has 184 valence electrons. The van der Waals surface area contributed by atoms with Crippen molar-refractivity contribution in [1.29, 1.82) is 0 Å². The fourth-order valence-corrected chi connectivity index (χ4v) is 5.23. The van der Waals surface area contributed by atoms with Gasteiger partial charge in [0.2, 0.25) is 0 Å². The van der Waals surface area contributed by atoms with Crippen molar-refractivity contribution in [2.24, 2.45) is 5.84 Å². The highest BCUT2D eigenvalue weighted by Gasteiger charge is 2.50.